The van der Waals surface area contributed by atoms with E-state index in [9.17, 15) is 0 Å². The Bertz CT molecular complexity index is 542. The maximum atomic E-state index is 5.85. The fraction of sp³-hybridized carbons (Fsp3) is 0.357. The van der Waals surface area contributed by atoms with E-state index in [4.69, 9.17) is 11.6 Å². The molecule has 1 heterocycles. The summed E-state index contributed by atoms with van der Waals surface area (Å²) in [6, 6.07) is 7.68. The SMILES string of the molecule is CC(C)CNc1nncc(NCc2ccc(Cl)cc2)n1. The molecule has 0 aliphatic carbocycles. The monoisotopic (exact) mass is 291 g/mol. The topological polar surface area (TPSA) is 62.7 Å². The number of hydrogen-bond acceptors (Lipinski definition) is 5. The van der Waals surface area contributed by atoms with Crippen molar-refractivity contribution < 1.29 is 0 Å². The second-order valence-electron chi connectivity index (χ2n) is 4.92. The fourth-order valence-corrected chi connectivity index (χ4v) is 1.68. The molecule has 6 heteroatoms. The summed E-state index contributed by atoms with van der Waals surface area (Å²) in [6.07, 6.45) is 1.61. The van der Waals surface area contributed by atoms with Crippen molar-refractivity contribution in [1.82, 2.24) is 15.2 Å². The fourth-order valence-electron chi connectivity index (χ4n) is 1.55. The second-order valence-corrected chi connectivity index (χ2v) is 5.36. The average Bonchev–Trinajstić information content (AvgIpc) is 2.45. The number of benzene rings is 1. The highest BCUT2D eigenvalue weighted by atomic mass is 35.5. The molecule has 1 aromatic carbocycles. The molecule has 20 heavy (non-hydrogen) atoms. The molecular formula is C14H18ClN5. The number of hydrogen-bond donors (Lipinski definition) is 2. The highest BCUT2D eigenvalue weighted by Crippen LogP contribution is 2.11. The number of nitrogens with one attached hydrogen (secondary N) is 2. The van der Waals surface area contributed by atoms with Gasteiger partial charge >= 0.3 is 0 Å². The number of rotatable bonds is 6. The Morgan fingerprint density at radius 1 is 1.15 bits per heavy atom. The van der Waals surface area contributed by atoms with Crippen LogP contribution in [0, 0.1) is 5.92 Å². The largest absolute Gasteiger partial charge is 0.365 e. The third-order valence-electron chi connectivity index (χ3n) is 2.61. The van der Waals surface area contributed by atoms with Crippen molar-refractivity contribution in [2.24, 2.45) is 5.92 Å². The lowest BCUT2D eigenvalue weighted by Crippen LogP contribution is -2.12. The number of aromatic nitrogens is 3. The minimum absolute atomic E-state index is 0.532. The van der Waals surface area contributed by atoms with Crippen LogP contribution in [0.1, 0.15) is 19.4 Å². The van der Waals surface area contributed by atoms with Crippen LogP contribution in [0.25, 0.3) is 0 Å². The van der Waals surface area contributed by atoms with Crippen LogP contribution in [0.5, 0.6) is 0 Å². The van der Waals surface area contributed by atoms with Crippen molar-refractivity contribution in [2.45, 2.75) is 20.4 Å². The molecule has 0 saturated heterocycles. The van der Waals surface area contributed by atoms with Gasteiger partial charge in [-0.2, -0.15) is 10.1 Å². The van der Waals surface area contributed by atoms with Gasteiger partial charge in [0.2, 0.25) is 5.95 Å². The highest BCUT2D eigenvalue weighted by Gasteiger charge is 2.01. The van der Waals surface area contributed by atoms with Crippen molar-refractivity contribution in [3.63, 3.8) is 0 Å². The van der Waals surface area contributed by atoms with Gasteiger partial charge in [0.05, 0.1) is 6.20 Å². The van der Waals surface area contributed by atoms with Crippen LogP contribution >= 0.6 is 11.6 Å². The third kappa shape index (κ3) is 4.66. The average molecular weight is 292 g/mol. The number of nitrogens with zero attached hydrogens (tertiary/aromatic N) is 3. The van der Waals surface area contributed by atoms with Crippen LogP contribution in [0.15, 0.2) is 30.5 Å². The Morgan fingerprint density at radius 3 is 2.60 bits per heavy atom. The van der Waals surface area contributed by atoms with Gasteiger partial charge < -0.3 is 10.6 Å². The zero-order valence-electron chi connectivity index (χ0n) is 11.6. The van der Waals surface area contributed by atoms with Gasteiger partial charge in [0.15, 0.2) is 5.82 Å². The van der Waals surface area contributed by atoms with Crippen LogP contribution in [-0.4, -0.2) is 21.7 Å². The first-order valence-electron chi connectivity index (χ1n) is 6.55. The first-order valence-corrected chi connectivity index (χ1v) is 6.93. The zero-order chi connectivity index (χ0) is 14.4. The summed E-state index contributed by atoms with van der Waals surface area (Å²) in [5.74, 6) is 1.77. The summed E-state index contributed by atoms with van der Waals surface area (Å²) in [7, 11) is 0. The van der Waals surface area contributed by atoms with E-state index in [-0.39, 0.29) is 0 Å². The van der Waals surface area contributed by atoms with Crippen molar-refractivity contribution >= 4 is 23.4 Å². The first kappa shape index (κ1) is 14.5. The van der Waals surface area contributed by atoms with Crippen LogP contribution in [-0.2, 0) is 6.54 Å². The number of halogens is 1. The van der Waals surface area contributed by atoms with Crippen LogP contribution in [0.3, 0.4) is 0 Å². The highest BCUT2D eigenvalue weighted by molar-refractivity contribution is 6.30. The lowest BCUT2D eigenvalue weighted by molar-refractivity contribution is 0.682. The zero-order valence-corrected chi connectivity index (χ0v) is 12.4. The van der Waals surface area contributed by atoms with E-state index >= 15 is 0 Å². The van der Waals surface area contributed by atoms with Crippen molar-refractivity contribution in [3.05, 3.63) is 41.0 Å². The molecule has 0 aliphatic heterocycles. The summed E-state index contributed by atoms with van der Waals surface area (Å²) >= 11 is 5.85. The number of anilines is 2. The Hall–Kier alpha value is -1.88. The van der Waals surface area contributed by atoms with Crippen LogP contribution in [0.2, 0.25) is 5.02 Å². The van der Waals surface area contributed by atoms with Crippen molar-refractivity contribution in [2.75, 3.05) is 17.2 Å². The van der Waals surface area contributed by atoms with Gasteiger partial charge in [0.1, 0.15) is 0 Å². The Kier molecular flexibility index (Phi) is 5.12. The molecule has 2 rings (SSSR count). The lowest BCUT2D eigenvalue weighted by Gasteiger charge is -2.09. The van der Waals surface area contributed by atoms with E-state index in [0.717, 1.165) is 17.1 Å². The molecule has 0 spiro atoms. The van der Waals surface area contributed by atoms with Gasteiger partial charge in [-0.25, -0.2) is 0 Å². The molecule has 0 amide bonds. The molecule has 0 fully saturated rings. The standard InChI is InChI=1S/C14H18ClN5/c1-10(2)7-17-14-19-13(9-18-20-14)16-8-11-3-5-12(15)6-4-11/h3-6,9-10H,7-8H2,1-2H3,(H2,16,17,19,20). The van der Waals surface area contributed by atoms with Crippen LogP contribution in [0.4, 0.5) is 11.8 Å². The van der Waals surface area contributed by atoms with E-state index < -0.39 is 0 Å². The smallest absolute Gasteiger partial charge is 0.244 e. The normalized spacial score (nSPS) is 10.6. The minimum Gasteiger partial charge on any atom is -0.365 e. The summed E-state index contributed by atoms with van der Waals surface area (Å²) in [6.45, 7) is 5.74. The summed E-state index contributed by atoms with van der Waals surface area (Å²) in [5.41, 5.74) is 1.13. The predicted octanol–water partition coefficient (Wildman–Crippen LogP) is 3.21. The molecule has 0 radical (unpaired) electrons. The Balaban J connectivity index is 1.92. The molecule has 0 unspecified atom stereocenters. The molecule has 0 bridgehead atoms. The summed E-state index contributed by atoms with van der Waals surface area (Å²) in [4.78, 5) is 4.36. The van der Waals surface area contributed by atoms with Gasteiger partial charge in [-0.15, -0.1) is 5.10 Å². The molecule has 0 aliphatic rings. The van der Waals surface area contributed by atoms with Crippen molar-refractivity contribution in [1.29, 1.82) is 0 Å². The van der Waals surface area contributed by atoms with Gasteiger partial charge in [-0.1, -0.05) is 37.6 Å². The first-order chi connectivity index (χ1) is 9.63. The molecule has 0 atom stereocenters. The molecule has 2 aromatic rings. The van der Waals surface area contributed by atoms with Gasteiger partial charge in [-0.05, 0) is 23.6 Å². The maximum absolute atomic E-state index is 5.85. The van der Waals surface area contributed by atoms with E-state index in [2.05, 4.69) is 39.7 Å². The van der Waals surface area contributed by atoms with E-state index in [0.29, 0.717) is 24.2 Å². The van der Waals surface area contributed by atoms with E-state index in [1.165, 1.54) is 0 Å². The Labute approximate surface area is 123 Å². The van der Waals surface area contributed by atoms with E-state index in [1.807, 2.05) is 24.3 Å². The molecule has 106 valence electrons. The lowest BCUT2D eigenvalue weighted by atomic mass is 10.2. The molecular weight excluding hydrogens is 274 g/mol. The third-order valence-corrected chi connectivity index (χ3v) is 2.87. The Morgan fingerprint density at radius 2 is 1.90 bits per heavy atom. The maximum Gasteiger partial charge on any atom is 0.244 e. The van der Waals surface area contributed by atoms with Crippen molar-refractivity contribution in [3.8, 4) is 0 Å². The minimum atomic E-state index is 0.532. The van der Waals surface area contributed by atoms with E-state index in [1.54, 1.807) is 6.20 Å². The van der Waals surface area contributed by atoms with Crippen LogP contribution < -0.4 is 10.6 Å². The predicted molar refractivity (Wildman–Crippen MR) is 81.9 cm³/mol. The molecule has 1 aromatic heterocycles. The summed E-state index contributed by atoms with van der Waals surface area (Å²) < 4.78 is 0. The van der Waals surface area contributed by atoms with Gasteiger partial charge in [0, 0.05) is 18.1 Å². The summed E-state index contributed by atoms with van der Waals surface area (Å²) in [5, 5.41) is 15.0. The quantitative estimate of drug-likeness (QED) is 0.856. The second kappa shape index (κ2) is 7.05. The molecule has 5 nitrogen and oxygen atoms in total. The van der Waals surface area contributed by atoms with Gasteiger partial charge in [-0.3, -0.25) is 0 Å². The molecule has 2 N–H and O–H groups in total. The molecule has 0 saturated carbocycles. The van der Waals surface area contributed by atoms with Gasteiger partial charge in [0.25, 0.3) is 0 Å².